The number of carbonyl (C=O) groups excluding carboxylic acids is 2. The molecule has 34 heavy (non-hydrogen) atoms. The van der Waals surface area contributed by atoms with Gasteiger partial charge in [-0.25, -0.2) is 8.42 Å². The number of hydrogen-bond acceptors (Lipinski definition) is 6. The summed E-state index contributed by atoms with van der Waals surface area (Å²) in [6.45, 7) is 2.91. The van der Waals surface area contributed by atoms with Crippen molar-refractivity contribution in [3.8, 4) is 11.8 Å². The Balaban J connectivity index is 1.90. The maximum Gasteiger partial charge on any atom is 0.573 e. The van der Waals surface area contributed by atoms with Crippen LogP contribution in [0.15, 0.2) is 18.2 Å². The Labute approximate surface area is 196 Å². The zero-order valence-electron chi connectivity index (χ0n) is 19.2. The Bertz CT molecular complexity index is 1060. The number of nitrogens with one attached hydrogen (secondary N) is 2. The second-order valence-corrected chi connectivity index (χ2v) is 11.3. The zero-order valence-corrected chi connectivity index (χ0v) is 20.0. The van der Waals surface area contributed by atoms with E-state index in [2.05, 4.69) is 15.4 Å². The number of alkyl halides is 3. The first-order valence-electron chi connectivity index (χ1n) is 10.6. The summed E-state index contributed by atoms with van der Waals surface area (Å²) in [6.07, 6.45) is -1.92. The molecule has 1 aromatic rings. The fourth-order valence-electron chi connectivity index (χ4n) is 3.92. The number of halogens is 3. The van der Waals surface area contributed by atoms with E-state index in [1.165, 1.54) is 12.1 Å². The van der Waals surface area contributed by atoms with E-state index in [1.54, 1.807) is 19.9 Å². The van der Waals surface area contributed by atoms with Crippen LogP contribution in [0.4, 0.5) is 13.2 Å². The van der Waals surface area contributed by atoms with E-state index in [9.17, 15) is 31.2 Å². The molecule has 0 spiro atoms. The molecule has 12 heteroatoms. The smallest absolute Gasteiger partial charge is 0.405 e. The van der Waals surface area contributed by atoms with Gasteiger partial charge in [0, 0.05) is 30.3 Å². The van der Waals surface area contributed by atoms with E-state index >= 15 is 0 Å². The predicted octanol–water partition coefficient (Wildman–Crippen LogP) is 2.82. The fraction of sp³-hybridized carbons (Fsp3) is 0.591. The number of benzene rings is 1. The van der Waals surface area contributed by atoms with Crippen molar-refractivity contribution < 1.29 is 35.9 Å². The molecule has 1 aliphatic carbocycles. The van der Waals surface area contributed by atoms with Crippen molar-refractivity contribution in [2.45, 2.75) is 58.5 Å². The molecule has 8 nitrogen and oxygen atoms in total. The van der Waals surface area contributed by atoms with Crippen LogP contribution >= 0.6 is 0 Å². The van der Waals surface area contributed by atoms with Gasteiger partial charge >= 0.3 is 6.36 Å². The van der Waals surface area contributed by atoms with Gasteiger partial charge in [0.2, 0.25) is 11.8 Å². The molecule has 0 heterocycles. The monoisotopic (exact) mass is 503 g/mol. The summed E-state index contributed by atoms with van der Waals surface area (Å²) in [5.41, 5.74) is -1.01. The summed E-state index contributed by atoms with van der Waals surface area (Å²) in [5, 5.41) is 14.4. The van der Waals surface area contributed by atoms with Crippen LogP contribution in [-0.4, -0.2) is 44.6 Å². The van der Waals surface area contributed by atoms with Crippen LogP contribution in [0.5, 0.6) is 5.75 Å². The molecular formula is C22H28F3N3O5S. The fourth-order valence-corrected chi connectivity index (χ4v) is 5.36. The van der Waals surface area contributed by atoms with Gasteiger partial charge < -0.3 is 15.4 Å². The normalized spacial score (nSPS) is 19.1. The van der Waals surface area contributed by atoms with Gasteiger partial charge in [0.05, 0.1) is 22.8 Å². The molecule has 0 saturated heterocycles. The molecule has 0 bridgehead atoms. The Hall–Kier alpha value is -2.81. The van der Waals surface area contributed by atoms with Gasteiger partial charge in [-0.15, -0.1) is 13.2 Å². The average molecular weight is 504 g/mol. The summed E-state index contributed by atoms with van der Waals surface area (Å²) in [6, 6.07) is 5.15. The molecule has 2 N–H and O–H groups in total. The van der Waals surface area contributed by atoms with Crippen LogP contribution < -0.4 is 15.4 Å². The van der Waals surface area contributed by atoms with E-state index in [1.807, 2.05) is 0 Å². The molecule has 1 fully saturated rings. The number of nitrogens with zero attached hydrogens (tertiary/aromatic N) is 1. The maximum atomic E-state index is 12.7. The quantitative estimate of drug-likeness (QED) is 0.562. The topological polar surface area (TPSA) is 125 Å². The van der Waals surface area contributed by atoms with Gasteiger partial charge in [-0.05, 0) is 37.8 Å². The lowest BCUT2D eigenvalue weighted by Crippen LogP contribution is -2.47. The maximum absolute atomic E-state index is 12.7. The molecule has 188 valence electrons. The molecule has 1 aliphatic rings. The van der Waals surface area contributed by atoms with Crippen molar-refractivity contribution in [2.75, 3.05) is 12.0 Å². The Morgan fingerprint density at radius 2 is 1.79 bits per heavy atom. The Kier molecular flexibility index (Phi) is 8.58. The van der Waals surface area contributed by atoms with E-state index in [-0.39, 0.29) is 47.2 Å². The summed E-state index contributed by atoms with van der Waals surface area (Å²) in [4.78, 5) is 25.1. The van der Waals surface area contributed by atoms with Crippen LogP contribution in [0.25, 0.3) is 0 Å². The molecule has 0 unspecified atom stereocenters. The zero-order chi connectivity index (χ0) is 25.7. The summed E-state index contributed by atoms with van der Waals surface area (Å²) in [7, 11) is -3.34. The lowest BCUT2D eigenvalue weighted by Gasteiger charge is -2.31. The highest BCUT2D eigenvalue weighted by atomic mass is 32.2. The number of carbonyl (C=O) groups is 2. The number of ether oxygens (including phenoxy) is 1. The number of nitriles is 1. The summed E-state index contributed by atoms with van der Waals surface area (Å²) < 4.78 is 65.1. The lowest BCUT2D eigenvalue weighted by molar-refractivity contribution is -0.274. The first-order chi connectivity index (χ1) is 15.6. The SMILES string of the molecule is CC(C)(CS(C)(=O)=O)C(=O)NC1CCC(C(=O)NCc2ccc(C#N)cc2OC(F)(F)F)CC1. The molecule has 0 aromatic heterocycles. The van der Waals surface area contributed by atoms with Crippen LogP contribution in [-0.2, 0) is 26.0 Å². The van der Waals surface area contributed by atoms with Gasteiger partial charge in [0.15, 0.2) is 0 Å². The number of rotatable bonds is 8. The highest BCUT2D eigenvalue weighted by molar-refractivity contribution is 7.90. The first kappa shape index (κ1) is 27.4. The first-order valence-corrected chi connectivity index (χ1v) is 12.7. The van der Waals surface area contributed by atoms with Crippen LogP contribution in [0.3, 0.4) is 0 Å². The van der Waals surface area contributed by atoms with Crippen molar-refractivity contribution >= 4 is 21.7 Å². The second kappa shape index (κ2) is 10.6. The third-order valence-electron chi connectivity index (χ3n) is 5.55. The van der Waals surface area contributed by atoms with E-state index in [0.29, 0.717) is 25.7 Å². The Morgan fingerprint density at radius 3 is 2.32 bits per heavy atom. The molecule has 0 atom stereocenters. The minimum atomic E-state index is -4.94. The Morgan fingerprint density at radius 1 is 1.18 bits per heavy atom. The highest BCUT2D eigenvalue weighted by Gasteiger charge is 2.35. The van der Waals surface area contributed by atoms with E-state index < -0.39 is 27.4 Å². The minimum Gasteiger partial charge on any atom is -0.405 e. The number of sulfone groups is 1. The highest BCUT2D eigenvalue weighted by Crippen LogP contribution is 2.29. The molecular weight excluding hydrogens is 475 g/mol. The van der Waals surface area contributed by atoms with Gasteiger partial charge in [0.1, 0.15) is 15.6 Å². The van der Waals surface area contributed by atoms with E-state index in [0.717, 1.165) is 12.3 Å². The average Bonchev–Trinajstić information content (AvgIpc) is 2.70. The van der Waals surface area contributed by atoms with Crippen LogP contribution in [0.1, 0.15) is 50.7 Å². The van der Waals surface area contributed by atoms with Crippen molar-refractivity contribution in [1.29, 1.82) is 5.26 Å². The van der Waals surface area contributed by atoms with Crippen LogP contribution in [0, 0.1) is 22.7 Å². The van der Waals surface area contributed by atoms with Gasteiger partial charge in [-0.3, -0.25) is 9.59 Å². The van der Waals surface area contributed by atoms with Gasteiger partial charge in [0.25, 0.3) is 0 Å². The summed E-state index contributed by atoms with van der Waals surface area (Å²) in [5.74, 6) is -1.90. The minimum absolute atomic E-state index is 0.00518. The summed E-state index contributed by atoms with van der Waals surface area (Å²) >= 11 is 0. The second-order valence-electron chi connectivity index (χ2n) is 9.18. The van der Waals surface area contributed by atoms with Gasteiger partial charge in [-0.1, -0.05) is 19.9 Å². The number of amides is 2. The molecule has 2 rings (SSSR count). The largest absolute Gasteiger partial charge is 0.573 e. The third kappa shape index (κ3) is 8.52. The van der Waals surface area contributed by atoms with Crippen molar-refractivity contribution in [1.82, 2.24) is 10.6 Å². The lowest BCUT2D eigenvalue weighted by atomic mass is 9.84. The van der Waals surface area contributed by atoms with E-state index in [4.69, 9.17) is 5.26 Å². The molecule has 0 radical (unpaired) electrons. The number of hydrogen-bond donors (Lipinski definition) is 2. The molecule has 1 aromatic carbocycles. The standard InChI is InChI=1S/C22H28F3N3O5S/c1-21(2,13-34(3,31)32)20(30)28-17-8-6-15(7-9-17)19(29)27-12-16-5-4-14(11-26)10-18(16)33-22(23,24)25/h4-5,10,15,17H,6-9,12-13H2,1-3H3,(H,27,29)(H,28,30). The van der Waals surface area contributed by atoms with Gasteiger partial charge in [-0.2, -0.15) is 5.26 Å². The van der Waals surface area contributed by atoms with Crippen molar-refractivity contribution in [3.05, 3.63) is 29.3 Å². The predicted molar refractivity (Wildman–Crippen MR) is 117 cm³/mol. The van der Waals surface area contributed by atoms with Crippen LogP contribution in [0.2, 0.25) is 0 Å². The molecule has 0 aliphatic heterocycles. The third-order valence-corrected chi connectivity index (χ3v) is 6.79. The van der Waals surface area contributed by atoms with Crippen molar-refractivity contribution in [2.24, 2.45) is 11.3 Å². The molecule has 1 saturated carbocycles. The molecule has 2 amide bonds. The van der Waals surface area contributed by atoms with Crippen molar-refractivity contribution in [3.63, 3.8) is 0 Å².